The number of aliphatic hydroxyl groups excluding tert-OH is 3. The first-order valence-corrected chi connectivity index (χ1v) is 14.8. The molecule has 12 atom stereocenters. The minimum atomic E-state index is -0.409. The topological polar surface area (TPSA) is 104 Å². The van der Waals surface area contributed by atoms with Crippen molar-refractivity contribution < 1.29 is 29.6 Å². The molecule has 36 heavy (non-hydrogen) atoms. The molecule has 6 nitrogen and oxygen atoms in total. The smallest absolute Gasteiger partial charge is 0.306 e. The summed E-state index contributed by atoms with van der Waals surface area (Å²) in [5.41, 5.74) is -0.169. The van der Waals surface area contributed by atoms with Gasteiger partial charge < -0.3 is 20.1 Å². The second-order valence-electron chi connectivity index (χ2n) is 13.8. The van der Waals surface area contributed by atoms with E-state index in [-0.39, 0.29) is 52.7 Å². The van der Waals surface area contributed by atoms with E-state index < -0.39 is 6.10 Å². The zero-order chi connectivity index (χ0) is 25.8. The van der Waals surface area contributed by atoms with Crippen LogP contribution in [0.2, 0.25) is 0 Å². The Hall–Kier alpha value is -0.980. The molecule has 0 aromatic carbocycles. The van der Waals surface area contributed by atoms with Gasteiger partial charge in [0.15, 0.2) is 0 Å². The Bertz CT molecular complexity index is 843. The highest BCUT2D eigenvalue weighted by Crippen LogP contribution is 2.68. The molecule has 0 bridgehead atoms. The summed E-state index contributed by atoms with van der Waals surface area (Å²) in [6, 6.07) is 0. The summed E-state index contributed by atoms with van der Waals surface area (Å²) in [7, 11) is 0. The Morgan fingerprint density at radius 2 is 1.83 bits per heavy atom. The SMILES string of the molecule is C[C@H](CCC(=O)OC1CCCC(=O)C1)[C@H]1CC[C@H]2[C@@H]3[C@H](O)C[C@@H]4C[C@H](O)CC[C@]4(C)[C@H]3C[C@H](O)[C@]12C. The van der Waals surface area contributed by atoms with Crippen LogP contribution in [-0.4, -0.2) is 51.5 Å². The molecule has 0 aliphatic heterocycles. The van der Waals surface area contributed by atoms with Gasteiger partial charge in [-0.25, -0.2) is 0 Å². The number of carbonyl (C=O) groups excluding carboxylic acids is 2. The molecule has 5 rings (SSSR count). The molecule has 0 aromatic rings. The lowest BCUT2D eigenvalue weighted by molar-refractivity contribution is -0.207. The first-order chi connectivity index (χ1) is 17.0. The Labute approximate surface area is 216 Å². The summed E-state index contributed by atoms with van der Waals surface area (Å²) in [6.45, 7) is 6.83. The summed E-state index contributed by atoms with van der Waals surface area (Å²) < 4.78 is 5.62. The average molecular weight is 505 g/mol. The maximum atomic E-state index is 12.6. The lowest BCUT2D eigenvalue weighted by Crippen LogP contribution is -2.62. The van der Waals surface area contributed by atoms with E-state index in [1.165, 1.54) is 0 Å². The van der Waals surface area contributed by atoms with Crippen molar-refractivity contribution in [2.45, 2.75) is 129 Å². The van der Waals surface area contributed by atoms with E-state index in [1.807, 2.05) is 0 Å². The minimum absolute atomic E-state index is 0.0827. The van der Waals surface area contributed by atoms with Crippen LogP contribution in [0, 0.1) is 46.3 Å². The van der Waals surface area contributed by atoms with Crippen LogP contribution in [0.4, 0.5) is 0 Å². The maximum absolute atomic E-state index is 12.6. The largest absolute Gasteiger partial charge is 0.462 e. The Kier molecular flexibility index (Phi) is 7.37. The van der Waals surface area contributed by atoms with Crippen LogP contribution < -0.4 is 0 Å². The van der Waals surface area contributed by atoms with Crippen molar-refractivity contribution in [2.75, 3.05) is 0 Å². The summed E-state index contributed by atoms with van der Waals surface area (Å²) in [4.78, 5) is 24.2. The van der Waals surface area contributed by atoms with E-state index in [9.17, 15) is 24.9 Å². The molecule has 0 aromatic heterocycles. The van der Waals surface area contributed by atoms with Gasteiger partial charge in [-0.15, -0.1) is 0 Å². The molecule has 1 unspecified atom stereocenters. The number of rotatable bonds is 5. The van der Waals surface area contributed by atoms with Gasteiger partial charge in [0.2, 0.25) is 0 Å². The number of ketones is 1. The summed E-state index contributed by atoms with van der Waals surface area (Å²) >= 11 is 0. The van der Waals surface area contributed by atoms with Crippen LogP contribution in [0.25, 0.3) is 0 Å². The third-order valence-corrected chi connectivity index (χ3v) is 12.1. The van der Waals surface area contributed by atoms with Crippen LogP contribution in [0.15, 0.2) is 0 Å². The fraction of sp³-hybridized carbons (Fsp3) is 0.933. The Morgan fingerprint density at radius 3 is 2.58 bits per heavy atom. The van der Waals surface area contributed by atoms with E-state index in [1.54, 1.807) is 0 Å². The zero-order valence-electron chi connectivity index (χ0n) is 22.5. The molecule has 0 saturated heterocycles. The maximum Gasteiger partial charge on any atom is 0.306 e. The highest BCUT2D eigenvalue weighted by molar-refractivity contribution is 5.80. The van der Waals surface area contributed by atoms with Crippen molar-refractivity contribution in [3.8, 4) is 0 Å². The number of esters is 1. The first kappa shape index (κ1) is 26.6. The van der Waals surface area contributed by atoms with E-state index in [0.29, 0.717) is 42.9 Å². The minimum Gasteiger partial charge on any atom is -0.462 e. The highest BCUT2D eigenvalue weighted by atomic mass is 16.5. The molecule has 204 valence electrons. The third kappa shape index (κ3) is 4.47. The van der Waals surface area contributed by atoms with E-state index in [4.69, 9.17) is 4.74 Å². The molecule has 6 heteroatoms. The van der Waals surface area contributed by atoms with Crippen molar-refractivity contribution in [2.24, 2.45) is 46.3 Å². The highest BCUT2D eigenvalue weighted by Gasteiger charge is 2.65. The molecule has 0 spiro atoms. The van der Waals surface area contributed by atoms with Gasteiger partial charge in [-0.2, -0.15) is 0 Å². The third-order valence-electron chi connectivity index (χ3n) is 12.1. The van der Waals surface area contributed by atoms with Gasteiger partial charge in [-0.1, -0.05) is 20.8 Å². The Morgan fingerprint density at radius 1 is 1.06 bits per heavy atom. The second kappa shape index (κ2) is 9.96. The van der Waals surface area contributed by atoms with Crippen LogP contribution in [0.1, 0.15) is 104 Å². The van der Waals surface area contributed by atoms with Crippen LogP contribution >= 0.6 is 0 Å². The second-order valence-corrected chi connectivity index (χ2v) is 13.8. The number of Topliss-reactive ketones (excluding diaryl/α,β-unsaturated/α-hetero) is 1. The molecule has 0 amide bonds. The summed E-state index contributed by atoms with van der Waals surface area (Å²) in [5, 5.41) is 33.4. The van der Waals surface area contributed by atoms with Crippen molar-refractivity contribution in [1.29, 1.82) is 0 Å². The number of hydrogen-bond donors (Lipinski definition) is 3. The molecule has 0 radical (unpaired) electrons. The molecule has 5 fully saturated rings. The van der Waals surface area contributed by atoms with Crippen molar-refractivity contribution in [3.63, 3.8) is 0 Å². The molecule has 0 heterocycles. The van der Waals surface area contributed by atoms with Crippen molar-refractivity contribution in [1.82, 2.24) is 0 Å². The van der Waals surface area contributed by atoms with Gasteiger partial charge >= 0.3 is 5.97 Å². The number of hydrogen-bond acceptors (Lipinski definition) is 6. The summed E-state index contributed by atoms with van der Waals surface area (Å²) in [5.74, 6) is 1.71. The molecular weight excluding hydrogens is 456 g/mol. The van der Waals surface area contributed by atoms with Crippen LogP contribution in [0.3, 0.4) is 0 Å². The standard InChI is InChI=1S/C30H48O6/c1-17(7-10-27(35)36-21-6-4-5-19(31)15-21)22-8-9-23-28-24(16-26(34)30(22,23)3)29(2)12-11-20(32)13-18(29)14-25(28)33/h17-18,20-26,28,32-34H,4-16H2,1-3H3/t17-,18+,20-,21?,22-,23+,24+,25-,26+,28+,29+,30-/m1/s1. The van der Waals surface area contributed by atoms with Gasteiger partial charge in [0, 0.05) is 19.3 Å². The normalized spacial score (nSPS) is 49.5. The van der Waals surface area contributed by atoms with Crippen LogP contribution in [0.5, 0.6) is 0 Å². The number of fused-ring (bicyclic) bond motifs is 5. The van der Waals surface area contributed by atoms with Crippen molar-refractivity contribution >= 4 is 11.8 Å². The van der Waals surface area contributed by atoms with E-state index in [0.717, 1.165) is 64.2 Å². The number of aliphatic hydroxyl groups is 3. The number of carbonyl (C=O) groups is 2. The van der Waals surface area contributed by atoms with E-state index >= 15 is 0 Å². The Balaban J connectivity index is 1.25. The lowest BCUT2D eigenvalue weighted by atomic mass is 9.43. The fourth-order valence-electron chi connectivity index (χ4n) is 10.0. The van der Waals surface area contributed by atoms with Gasteiger partial charge in [-0.3, -0.25) is 9.59 Å². The molecule has 5 saturated carbocycles. The predicted molar refractivity (Wildman–Crippen MR) is 136 cm³/mol. The van der Waals surface area contributed by atoms with Gasteiger partial charge in [0.25, 0.3) is 0 Å². The monoisotopic (exact) mass is 504 g/mol. The van der Waals surface area contributed by atoms with Crippen LogP contribution in [-0.2, 0) is 14.3 Å². The quantitative estimate of drug-likeness (QED) is 0.479. The summed E-state index contributed by atoms with van der Waals surface area (Å²) in [6.07, 6.45) is 8.51. The van der Waals surface area contributed by atoms with Crippen molar-refractivity contribution in [3.05, 3.63) is 0 Å². The molecule has 5 aliphatic carbocycles. The van der Waals surface area contributed by atoms with Gasteiger partial charge in [0.1, 0.15) is 11.9 Å². The fourth-order valence-corrected chi connectivity index (χ4v) is 10.0. The predicted octanol–water partition coefficient (Wildman–Crippen LogP) is 4.42. The first-order valence-electron chi connectivity index (χ1n) is 14.8. The molecular formula is C30H48O6. The van der Waals surface area contributed by atoms with E-state index in [2.05, 4.69) is 20.8 Å². The average Bonchev–Trinajstić information content (AvgIpc) is 3.18. The van der Waals surface area contributed by atoms with Gasteiger partial charge in [0.05, 0.1) is 18.3 Å². The zero-order valence-corrected chi connectivity index (χ0v) is 22.5. The lowest BCUT2D eigenvalue weighted by Gasteiger charge is -2.63. The molecule has 3 N–H and O–H groups in total. The van der Waals surface area contributed by atoms with Gasteiger partial charge in [-0.05, 0) is 111 Å². The number of ether oxygens (including phenoxy) is 1. The molecule has 5 aliphatic rings.